The molecule has 1 unspecified atom stereocenters. The smallest absolute Gasteiger partial charge is 0.183 e. The molecule has 0 fully saturated rings. The van der Waals surface area contributed by atoms with Gasteiger partial charge < -0.3 is 14.8 Å². The summed E-state index contributed by atoms with van der Waals surface area (Å²) in [6.45, 7) is 6.00. The molecule has 98 valence electrons. The Morgan fingerprint density at radius 3 is 2.72 bits per heavy atom. The molecular formula is C14H19NO3. The Morgan fingerprint density at radius 2 is 2.17 bits per heavy atom. The zero-order valence-corrected chi connectivity index (χ0v) is 11.0. The van der Waals surface area contributed by atoms with Crippen LogP contribution in [-0.4, -0.2) is 32.6 Å². The van der Waals surface area contributed by atoms with Gasteiger partial charge >= 0.3 is 0 Å². The van der Waals surface area contributed by atoms with Crippen LogP contribution >= 0.6 is 0 Å². The number of hydrogen-bond acceptors (Lipinski definition) is 4. The minimum Gasteiger partial charge on any atom is -0.497 e. The molecule has 0 amide bonds. The molecule has 0 heterocycles. The third-order valence-corrected chi connectivity index (χ3v) is 2.63. The first-order chi connectivity index (χ1) is 8.63. The minimum atomic E-state index is -0.302. The second kappa shape index (κ2) is 6.81. The topological polar surface area (TPSA) is 47.6 Å². The first-order valence-electron chi connectivity index (χ1n) is 5.74. The van der Waals surface area contributed by atoms with Crippen molar-refractivity contribution in [2.24, 2.45) is 0 Å². The van der Waals surface area contributed by atoms with Gasteiger partial charge in [-0.25, -0.2) is 0 Å². The molecule has 1 aromatic rings. The maximum absolute atomic E-state index is 12.3. The van der Waals surface area contributed by atoms with E-state index in [-0.39, 0.29) is 11.8 Å². The molecule has 1 N–H and O–H groups in total. The van der Waals surface area contributed by atoms with Gasteiger partial charge in [-0.05, 0) is 25.1 Å². The van der Waals surface area contributed by atoms with Crippen molar-refractivity contribution in [2.75, 3.05) is 20.8 Å². The monoisotopic (exact) mass is 249 g/mol. The van der Waals surface area contributed by atoms with Crippen molar-refractivity contribution in [3.8, 4) is 11.5 Å². The van der Waals surface area contributed by atoms with E-state index in [4.69, 9.17) is 9.47 Å². The maximum atomic E-state index is 12.3. The summed E-state index contributed by atoms with van der Waals surface area (Å²) < 4.78 is 10.3. The van der Waals surface area contributed by atoms with Crippen molar-refractivity contribution in [3.05, 3.63) is 36.4 Å². The fourth-order valence-corrected chi connectivity index (χ4v) is 1.59. The number of nitrogens with one attached hydrogen (secondary N) is 1. The van der Waals surface area contributed by atoms with Crippen LogP contribution in [0.1, 0.15) is 17.3 Å². The highest BCUT2D eigenvalue weighted by molar-refractivity contribution is 6.02. The number of ether oxygens (including phenoxy) is 2. The van der Waals surface area contributed by atoms with Gasteiger partial charge in [0, 0.05) is 6.54 Å². The van der Waals surface area contributed by atoms with Crippen molar-refractivity contribution in [3.63, 3.8) is 0 Å². The van der Waals surface area contributed by atoms with Crippen molar-refractivity contribution in [2.45, 2.75) is 13.0 Å². The summed E-state index contributed by atoms with van der Waals surface area (Å²) in [5.74, 6) is 1.15. The van der Waals surface area contributed by atoms with E-state index in [0.717, 1.165) is 0 Å². The van der Waals surface area contributed by atoms with Gasteiger partial charge in [-0.1, -0.05) is 6.08 Å². The average molecular weight is 249 g/mol. The summed E-state index contributed by atoms with van der Waals surface area (Å²) in [6.07, 6.45) is 1.71. The Labute approximate surface area is 108 Å². The van der Waals surface area contributed by atoms with Crippen molar-refractivity contribution in [1.29, 1.82) is 0 Å². The van der Waals surface area contributed by atoms with Gasteiger partial charge in [0.15, 0.2) is 5.78 Å². The van der Waals surface area contributed by atoms with Gasteiger partial charge in [-0.2, -0.15) is 0 Å². The molecular weight excluding hydrogens is 230 g/mol. The second-order valence-corrected chi connectivity index (χ2v) is 3.85. The van der Waals surface area contributed by atoms with Gasteiger partial charge in [-0.3, -0.25) is 4.79 Å². The van der Waals surface area contributed by atoms with Crippen LogP contribution in [0.15, 0.2) is 30.9 Å². The molecule has 0 spiro atoms. The van der Waals surface area contributed by atoms with Crippen LogP contribution in [0.5, 0.6) is 11.5 Å². The third-order valence-electron chi connectivity index (χ3n) is 2.63. The normalized spacial score (nSPS) is 11.7. The second-order valence-electron chi connectivity index (χ2n) is 3.85. The number of Topliss-reactive ketones (excluding diaryl/α,β-unsaturated/α-hetero) is 1. The number of carbonyl (C=O) groups excluding carboxylic acids is 1. The lowest BCUT2D eigenvalue weighted by Crippen LogP contribution is -2.34. The number of benzene rings is 1. The molecule has 0 saturated heterocycles. The summed E-state index contributed by atoms with van der Waals surface area (Å²) in [7, 11) is 3.11. The van der Waals surface area contributed by atoms with Crippen molar-refractivity contribution >= 4 is 5.78 Å². The minimum absolute atomic E-state index is 0.0346. The van der Waals surface area contributed by atoms with Gasteiger partial charge in [0.2, 0.25) is 0 Å². The lowest BCUT2D eigenvalue weighted by molar-refractivity contribution is 0.0949. The molecule has 0 aliphatic carbocycles. The molecule has 4 nitrogen and oxygen atoms in total. The Morgan fingerprint density at radius 1 is 1.44 bits per heavy atom. The highest BCUT2D eigenvalue weighted by atomic mass is 16.5. The van der Waals surface area contributed by atoms with E-state index in [1.807, 2.05) is 6.92 Å². The van der Waals surface area contributed by atoms with Crippen LogP contribution in [-0.2, 0) is 0 Å². The molecule has 0 bridgehead atoms. The van der Waals surface area contributed by atoms with E-state index in [1.54, 1.807) is 38.5 Å². The number of rotatable bonds is 7. The Kier molecular flexibility index (Phi) is 5.39. The van der Waals surface area contributed by atoms with Crippen molar-refractivity contribution < 1.29 is 14.3 Å². The van der Waals surface area contributed by atoms with Crippen LogP contribution < -0.4 is 14.8 Å². The van der Waals surface area contributed by atoms with Gasteiger partial charge in [0.25, 0.3) is 0 Å². The van der Waals surface area contributed by atoms with Gasteiger partial charge in [0.05, 0.1) is 25.8 Å². The van der Waals surface area contributed by atoms with E-state index in [2.05, 4.69) is 11.9 Å². The molecule has 4 heteroatoms. The highest BCUT2D eigenvalue weighted by Gasteiger charge is 2.19. The number of methoxy groups -OCH3 is 2. The van der Waals surface area contributed by atoms with E-state index in [1.165, 1.54) is 0 Å². The molecule has 0 aromatic heterocycles. The van der Waals surface area contributed by atoms with Crippen LogP contribution in [0, 0.1) is 0 Å². The van der Waals surface area contributed by atoms with Gasteiger partial charge in [-0.15, -0.1) is 6.58 Å². The van der Waals surface area contributed by atoms with Crippen LogP contribution in [0.2, 0.25) is 0 Å². The van der Waals surface area contributed by atoms with E-state index < -0.39 is 0 Å². The number of carbonyl (C=O) groups is 1. The molecule has 0 aliphatic heterocycles. The van der Waals surface area contributed by atoms with Crippen LogP contribution in [0.4, 0.5) is 0 Å². The Bertz CT molecular complexity index is 429. The van der Waals surface area contributed by atoms with Crippen LogP contribution in [0.3, 0.4) is 0 Å². The summed E-state index contributed by atoms with van der Waals surface area (Å²) in [5.41, 5.74) is 0.515. The molecule has 1 rings (SSSR count). The van der Waals surface area contributed by atoms with Crippen molar-refractivity contribution in [1.82, 2.24) is 5.32 Å². The van der Waals surface area contributed by atoms with E-state index in [0.29, 0.717) is 23.6 Å². The summed E-state index contributed by atoms with van der Waals surface area (Å²) in [4.78, 5) is 12.3. The largest absolute Gasteiger partial charge is 0.497 e. The maximum Gasteiger partial charge on any atom is 0.183 e. The summed E-state index contributed by atoms with van der Waals surface area (Å²) >= 11 is 0. The fraction of sp³-hybridized carbons (Fsp3) is 0.357. The quantitative estimate of drug-likeness (QED) is 0.593. The molecule has 0 aliphatic rings. The predicted octanol–water partition coefficient (Wildman–Crippen LogP) is 2.05. The summed E-state index contributed by atoms with van der Waals surface area (Å²) in [6, 6.07) is 4.88. The van der Waals surface area contributed by atoms with E-state index >= 15 is 0 Å². The average Bonchev–Trinajstić information content (AvgIpc) is 2.43. The summed E-state index contributed by atoms with van der Waals surface area (Å²) in [5, 5.41) is 3.06. The highest BCUT2D eigenvalue weighted by Crippen LogP contribution is 2.25. The lowest BCUT2D eigenvalue weighted by atomic mass is 10.0. The fourth-order valence-electron chi connectivity index (χ4n) is 1.59. The zero-order chi connectivity index (χ0) is 13.5. The number of hydrogen-bond donors (Lipinski definition) is 1. The Balaban J connectivity index is 2.98. The standard InChI is InChI=1S/C14H19NO3/c1-5-8-15-10(2)14(16)12-9-11(17-3)6-7-13(12)18-4/h5-7,9-10,15H,1,8H2,2-4H3. The lowest BCUT2D eigenvalue weighted by Gasteiger charge is -2.14. The first-order valence-corrected chi connectivity index (χ1v) is 5.74. The molecule has 0 radical (unpaired) electrons. The third kappa shape index (κ3) is 3.34. The SMILES string of the molecule is C=CCNC(C)C(=O)c1cc(OC)ccc1OC. The number of ketones is 1. The van der Waals surface area contributed by atoms with E-state index in [9.17, 15) is 4.79 Å². The predicted molar refractivity (Wildman–Crippen MR) is 71.5 cm³/mol. The zero-order valence-electron chi connectivity index (χ0n) is 11.0. The molecule has 1 aromatic carbocycles. The van der Waals surface area contributed by atoms with Gasteiger partial charge in [0.1, 0.15) is 11.5 Å². The molecule has 0 saturated carbocycles. The molecule has 1 atom stereocenters. The van der Waals surface area contributed by atoms with Crippen LogP contribution in [0.25, 0.3) is 0 Å². The Hall–Kier alpha value is -1.81. The first kappa shape index (κ1) is 14.3. The molecule has 18 heavy (non-hydrogen) atoms.